The van der Waals surface area contributed by atoms with Crippen LogP contribution in [0, 0.1) is 5.82 Å². The molecule has 0 radical (unpaired) electrons. The lowest BCUT2D eigenvalue weighted by atomic mass is 10.1. The Balaban J connectivity index is 3.08. The first-order chi connectivity index (χ1) is 8.56. The van der Waals surface area contributed by atoms with E-state index in [0.29, 0.717) is 11.3 Å². The number of ether oxygens (including phenoxy) is 2. The summed E-state index contributed by atoms with van der Waals surface area (Å²) >= 11 is 0. The van der Waals surface area contributed by atoms with Gasteiger partial charge in [-0.1, -0.05) is 12.1 Å². The predicted octanol–water partition coefficient (Wildman–Crippen LogP) is 1.92. The van der Waals surface area contributed by atoms with Gasteiger partial charge in [0.05, 0.1) is 0 Å². The fourth-order valence-corrected chi connectivity index (χ4v) is 1.42. The van der Waals surface area contributed by atoms with Crippen molar-refractivity contribution in [3.63, 3.8) is 0 Å². The molecule has 0 aromatic heterocycles. The minimum atomic E-state index is -0.616. The van der Waals surface area contributed by atoms with Gasteiger partial charge in [0.2, 0.25) is 5.91 Å². The molecule has 98 valence electrons. The van der Waals surface area contributed by atoms with Crippen LogP contribution in [0.25, 0.3) is 5.70 Å². The number of carbonyl (C=O) groups excluding carboxylic acids is 1. The molecule has 18 heavy (non-hydrogen) atoms. The van der Waals surface area contributed by atoms with Gasteiger partial charge in [0, 0.05) is 32.4 Å². The second-order valence-corrected chi connectivity index (χ2v) is 3.61. The lowest BCUT2D eigenvalue weighted by Gasteiger charge is -2.13. The molecule has 0 bridgehead atoms. The molecule has 1 aromatic carbocycles. The molecular formula is C13H16FNO3. The largest absolute Gasteiger partial charge is 0.352 e. The van der Waals surface area contributed by atoms with E-state index in [1.807, 2.05) is 0 Å². The molecule has 0 saturated carbocycles. The maximum Gasteiger partial charge on any atom is 0.221 e. The summed E-state index contributed by atoms with van der Waals surface area (Å²) in [5, 5.41) is 2.62. The molecule has 1 amide bonds. The zero-order valence-corrected chi connectivity index (χ0v) is 10.6. The summed E-state index contributed by atoms with van der Waals surface area (Å²) in [7, 11) is 2.95. The van der Waals surface area contributed by atoms with Crippen LogP contribution in [0.2, 0.25) is 0 Å². The molecule has 0 fully saturated rings. The monoisotopic (exact) mass is 253 g/mol. The van der Waals surface area contributed by atoms with Crippen LogP contribution in [0.5, 0.6) is 0 Å². The topological polar surface area (TPSA) is 47.6 Å². The Morgan fingerprint density at radius 3 is 2.56 bits per heavy atom. The van der Waals surface area contributed by atoms with Crippen LogP contribution >= 0.6 is 0 Å². The zero-order valence-electron chi connectivity index (χ0n) is 10.6. The van der Waals surface area contributed by atoms with Crippen molar-refractivity contribution >= 4 is 11.6 Å². The second kappa shape index (κ2) is 6.88. The van der Waals surface area contributed by atoms with Crippen molar-refractivity contribution in [3.8, 4) is 0 Å². The third-order valence-electron chi connectivity index (χ3n) is 2.21. The Bertz CT molecular complexity index is 442. The molecule has 1 aromatic rings. The Hall–Kier alpha value is -1.72. The van der Waals surface area contributed by atoms with Gasteiger partial charge < -0.3 is 14.8 Å². The third kappa shape index (κ3) is 4.27. The second-order valence-electron chi connectivity index (χ2n) is 3.61. The van der Waals surface area contributed by atoms with Gasteiger partial charge in [-0.2, -0.15) is 0 Å². The van der Waals surface area contributed by atoms with Gasteiger partial charge in [0.1, 0.15) is 5.82 Å². The first-order valence-electron chi connectivity index (χ1n) is 5.37. The fourth-order valence-electron chi connectivity index (χ4n) is 1.42. The van der Waals surface area contributed by atoms with Crippen molar-refractivity contribution in [2.45, 2.75) is 13.2 Å². The highest BCUT2D eigenvalue weighted by Crippen LogP contribution is 2.14. The molecular weight excluding hydrogens is 237 g/mol. The number of nitrogens with one attached hydrogen (secondary N) is 1. The first-order valence-corrected chi connectivity index (χ1v) is 5.37. The standard InChI is InChI=1S/C13H16FNO3/c1-9(16)15-12(8-13(17-2)18-3)10-5-4-6-11(14)7-10/h4-8,13H,1-3H3,(H,15,16)/b12-8-. The maximum atomic E-state index is 13.2. The number of amides is 1. The molecule has 0 unspecified atom stereocenters. The molecule has 0 aliphatic heterocycles. The minimum absolute atomic E-state index is 0.253. The van der Waals surface area contributed by atoms with E-state index in [1.165, 1.54) is 33.3 Å². The lowest BCUT2D eigenvalue weighted by Crippen LogP contribution is -2.21. The molecule has 0 aliphatic carbocycles. The maximum absolute atomic E-state index is 13.2. The van der Waals surface area contributed by atoms with E-state index >= 15 is 0 Å². The Kier molecular flexibility index (Phi) is 5.48. The van der Waals surface area contributed by atoms with Gasteiger partial charge in [-0.25, -0.2) is 4.39 Å². The lowest BCUT2D eigenvalue weighted by molar-refractivity contribution is -0.117. The zero-order chi connectivity index (χ0) is 13.5. The van der Waals surface area contributed by atoms with E-state index in [2.05, 4.69) is 5.32 Å². The first kappa shape index (κ1) is 14.3. The van der Waals surface area contributed by atoms with E-state index < -0.39 is 6.29 Å². The normalized spacial score (nSPS) is 11.7. The Labute approximate surface area is 105 Å². The number of benzene rings is 1. The van der Waals surface area contributed by atoms with E-state index in [-0.39, 0.29) is 11.7 Å². The van der Waals surface area contributed by atoms with Crippen LogP contribution in [0.1, 0.15) is 12.5 Å². The molecule has 0 heterocycles. The van der Waals surface area contributed by atoms with E-state index in [0.717, 1.165) is 0 Å². The highest BCUT2D eigenvalue weighted by Gasteiger charge is 2.09. The summed E-state index contributed by atoms with van der Waals surface area (Å²) in [5.74, 6) is -0.633. The summed E-state index contributed by atoms with van der Waals surface area (Å²) in [6, 6.07) is 5.91. The molecule has 4 nitrogen and oxygen atoms in total. The van der Waals surface area contributed by atoms with Gasteiger partial charge in [-0.05, 0) is 18.2 Å². The van der Waals surface area contributed by atoms with E-state index in [9.17, 15) is 9.18 Å². The van der Waals surface area contributed by atoms with Gasteiger partial charge in [0.15, 0.2) is 6.29 Å². The van der Waals surface area contributed by atoms with Crippen LogP contribution < -0.4 is 5.32 Å². The molecule has 0 aliphatic rings. The molecule has 1 N–H and O–H groups in total. The molecule has 0 atom stereocenters. The smallest absolute Gasteiger partial charge is 0.221 e. The molecule has 1 rings (SSSR count). The van der Waals surface area contributed by atoms with Crippen LogP contribution in [0.3, 0.4) is 0 Å². The number of hydrogen-bond acceptors (Lipinski definition) is 3. The van der Waals surface area contributed by atoms with Crippen LogP contribution in [-0.2, 0) is 14.3 Å². The average molecular weight is 253 g/mol. The van der Waals surface area contributed by atoms with Gasteiger partial charge >= 0.3 is 0 Å². The Morgan fingerprint density at radius 2 is 2.06 bits per heavy atom. The molecule has 0 saturated heterocycles. The third-order valence-corrected chi connectivity index (χ3v) is 2.21. The Morgan fingerprint density at radius 1 is 1.39 bits per heavy atom. The molecule has 5 heteroatoms. The highest BCUT2D eigenvalue weighted by molar-refractivity contribution is 5.85. The van der Waals surface area contributed by atoms with Gasteiger partial charge in [-0.3, -0.25) is 4.79 Å². The number of halogens is 1. The summed E-state index contributed by atoms with van der Waals surface area (Å²) in [5.41, 5.74) is 0.986. The highest BCUT2D eigenvalue weighted by atomic mass is 19.1. The van der Waals surface area contributed by atoms with Crippen molar-refractivity contribution in [1.82, 2.24) is 5.32 Å². The van der Waals surface area contributed by atoms with Crippen LogP contribution in [-0.4, -0.2) is 26.4 Å². The van der Waals surface area contributed by atoms with Crippen LogP contribution in [0.15, 0.2) is 30.3 Å². The molecule has 0 spiro atoms. The van der Waals surface area contributed by atoms with E-state index in [1.54, 1.807) is 18.2 Å². The number of carbonyl (C=O) groups is 1. The van der Waals surface area contributed by atoms with E-state index in [4.69, 9.17) is 9.47 Å². The average Bonchev–Trinajstić information content (AvgIpc) is 2.34. The van der Waals surface area contributed by atoms with Crippen LogP contribution in [0.4, 0.5) is 4.39 Å². The number of rotatable bonds is 5. The van der Waals surface area contributed by atoms with Crippen molar-refractivity contribution in [1.29, 1.82) is 0 Å². The number of hydrogen-bond donors (Lipinski definition) is 1. The quantitative estimate of drug-likeness (QED) is 0.815. The van der Waals surface area contributed by atoms with Gasteiger partial charge in [-0.15, -0.1) is 0 Å². The summed E-state index contributed by atoms with van der Waals surface area (Å²) in [6.07, 6.45) is 0.950. The van der Waals surface area contributed by atoms with Crippen molar-refractivity contribution in [2.75, 3.05) is 14.2 Å². The summed E-state index contributed by atoms with van der Waals surface area (Å²) in [4.78, 5) is 11.1. The minimum Gasteiger partial charge on any atom is -0.352 e. The van der Waals surface area contributed by atoms with Gasteiger partial charge in [0.25, 0.3) is 0 Å². The summed E-state index contributed by atoms with van der Waals surface area (Å²) < 4.78 is 23.2. The summed E-state index contributed by atoms with van der Waals surface area (Å²) in [6.45, 7) is 1.38. The van der Waals surface area contributed by atoms with Crippen molar-refractivity contribution in [3.05, 3.63) is 41.7 Å². The van der Waals surface area contributed by atoms with Crippen molar-refractivity contribution in [2.24, 2.45) is 0 Å². The fraction of sp³-hybridized carbons (Fsp3) is 0.308. The predicted molar refractivity (Wildman–Crippen MR) is 66.0 cm³/mol. The number of methoxy groups -OCH3 is 2. The SMILES string of the molecule is COC(/C=C(\NC(C)=O)c1cccc(F)c1)OC. The van der Waals surface area contributed by atoms with Crippen molar-refractivity contribution < 1.29 is 18.7 Å².